The van der Waals surface area contributed by atoms with Crippen molar-refractivity contribution >= 4 is 11.6 Å². The summed E-state index contributed by atoms with van der Waals surface area (Å²) >= 11 is 0. The van der Waals surface area contributed by atoms with Gasteiger partial charge < -0.3 is 19.5 Å². The maximum atomic E-state index is 12.6. The molecule has 1 unspecified atom stereocenters. The predicted octanol–water partition coefficient (Wildman–Crippen LogP) is 3.51. The van der Waals surface area contributed by atoms with Gasteiger partial charge in [-0.15, -0.1) is 0 Å². The van der Waals surface area contributed by atoms with Crippen LogP contribution in [-0.4, -0.2) is 32.3 Å². The van der Waals surface area contributed by atoms with E-state index in [2.05, 4.69) is 5.32 Å². The van der Waals surface area contributed by atoms with Gasteiger partial charge in [0.05, 0.1) is 18.8 Å². The highest BCUT2D eigenvalue weighted by atomic mass is 16.5. The Morgan fingerprint density at radius 1 is 1.25 bits per heavy atom. The maximum absolute atomic E-state index is 12.6. The zero-order chi connectivity index (χ0) is 16.8. The van der Waals surface area contributed by atoms with E-state index < -0.39 is 0 Å². The van der Waals surface area contributed by atoms with Crippen molar-refractivity contribution in [1.29, 1.82) is 0 Å². The molecule has 2 aromatic carbocycles. The van der Waals surface area contributed by atoms with Gasteiger partial charge in [0, 0.05) is 18.4 Å². The van der Waals surface area contributed by atoms with Crippen LogP contribution >= 0.6 is 0 Å². The number of carbonyl (C=O) groups is 1. The molecule has 1 saturated heterocycles. The van der Waals surface area contributed by atoms with E-state index in [1.54, 1.807) is 25.3 Å². The highest BCUT2D eigenvalue weighted by Gasteiger charge is 2.18. The second kappa shape index (κ2) is 7.84. The monoisotopic (exact) mass is 327 g/mol. The van der Waals surface area contributed by atoms with Gasteiger partial charge in [0.25, 0.3) is 5.91 Å². The fraction of sp³-hybridized carbons (Fsp3) is 0.316. The molecule has 1 N–H and O–H groups in total. The molecule has 1 heterocycles. The summed E-state index contributed by atoms with van der Waals surface area (Å²) in [5.74, 6) is 1.04. The lowest BCUT2D eigenvalue weighted by Gasteiger charge is -2.14. The van der Waals surface area contributed by atoms with Gasteiger partial charge in [-0.2, -0.15) is 0 Å². The summed E-state index contributed by atoms with van der Waals surface area (Å²) in [4.78, 5) is 12.6. The molecule has 1 aliphatic heterocycles. The van der Waals surface area contributed by atoms with Gasteiger partial charge in [-0.25, -0.2) is 0 Å². The van der Waals surface area contributed by atoms with Crippen molar-refractivity contribution in [3.8, 4) is 11.5 Å². The zero-order valence-corrected chi connectivity index (χ0v) is 13.7. The van der Waals surface area contributed by atoms with Crippen LogP contribution in [0.1, 0.15) is 23.2 Å². The van der Waals surface area contributed by atoms with Crippen molar-refractivity contribution in [3.05, 3.63) is 54.1 Å². The molecule has 2 aromatic rings. The number of hydrogen-bond donors (Lipinski definition) is 1. The van der Waals surface area contributed by atoms with Crippen molar-refractivity contribution < 1.29 is 19.0 Å². The number of amides is 1. The van der Waals surface area contributed by atoms with Crippen LogP contribution in [0.15, 0.2) is 48.5 Å². The molecule has 0 radical (unpaired) electrons. The van der Waals surface area contributed by atoms with Gasteiger partial charge in [0.1, 0.15) is 18.1 Å². The fourth-order valence-electron chi connectivity index (χ4n) is 2.64. The number of methoxy groups -OCH3 is 1. The maximum Gasteiger partial charge on any atom is 0.259 e. The smallest absolute Gasteiger partial charge is 0.259 e. The average Bonchev–Trinajstić information content (AvgIpc) is 3.14. The van der Waals surface area contributed by atoms with E-state index in [0.717, 1.165) is 19.4 Å². The van der Waals surface area contributed by atoms with E-state index >= 15 is 0 Å². The van der Waals surface area contributed by atoms with Crippen LogP contribution in [0.4, 0.5) is 5.69 Å². The topological polar surface area (TPSA) is 56.8 Å². The van der Waals surface area contributed by atoms with E-state index in [0.29, 0.717) is 29.4 Å². The summed E-state index contributed by atoms with van der Waals surface area (Å²) in [6, 6.07) is 14.5. The summed E-state index contributed by atoms with van der Waals surface area (Å²) in [5, 5.41) is 2.87. The van der Waals surface area contributed by atoms with Crippen LogP contribution in [-0.2, 0) is 4.74 Å². The Kier molecular flexibility index (Phi) is 5.33. The predicted molar refractivity (Wildman–Crippen MR) is 91.9 cm³/mol. The lowest BCUT2D eigenvalue weighted by molar-refractivity contribution is 0.0673. The third-order valence-corrected chi connectivity index (χ3v) is 3.91. The number of rotatable bonds is 6. The van der Waals surface area contributed by atoms with E-state index in [1.165, 1.54) is 0 Å². The molecule has 24 heavy (non-hydrogen) atoms. The molecule has 0 bridgehead atoms. The minimum Gasteiger partial charge on any atom is -0.497 e. The first-order valence-electron chi connectivity index (χ1n) is 8.05. The second-order valence-corrected chi connectivity index (χ2v) is 5.63. The molecule has 0 aromatic heterocycles. The lowest BCUT2D eigenvalue weighted by atomic mass is 10.1. The quantitative estimate of drug-likeness (QED) is 0.882. The Balaban J connectivity index is 1.69. The third kappa shape index (κ3) is 4.06. The molecular weight excluding hydrogens is 306 g/mol. The summed E-state index contributed by atoms with van der Waals surface area (Å²) in [6.07, 6.45) is 2.17. The molecule has 1 amide bonds. The first-order valence-corrected chi connectivity index (χ1v) is 8.05. The van der Waals surface area contributed by atoms with Crippen molar-refractivity contribution in [2.75, 3.05) is 25.6 Å². The highest BCUT2D eigenvalue weighted by Crippen LogP contribution is 2.23. The van der Waals surface area contributed by atoms with Crippen LogP contribution in [0.5, 0.6) is 11.5 Å². The molecule has 0 spiro atoms. The molecule has 5 heteroatoms. The normalized spacial score (nSPS) is 16.6. The molecule has 0 saturated carbocycles. The number of nitrogens with one attached hydrogen (secondary N) is 1. The Morgan fingerprint density at radius 3 is 2.92 bits per heavy atom. The van der Waals surface area contributed by atoms with Gasteiger partial charge in [-0.05, 0) is 37.1 Å². The van der Waals surface area contributed by atoms with Crippen LogP contribution in [0, 0.1) is 0 Å². The van der Waals surface area contributed by atoms with E-state index in [9.17, 15) is 4.79 Å². The number of anilines is 1. The van der Waals surface area contributed by atoms with Crippen molar-refractivity contribution in [2.45, 2.75) is 18.9 Å². The lowest BCUT2D eigenvalue weighted by Crippen LogP contribution is -2.19. The van der Waals surface area contributed by atoms with Gasteiger partial charge >= 0.3 is 0 Å². The first-order chi connectivity index (χ1) is 11.8. The number of para-hydroxylation sites is 1. The highest BCUT2D eigenvalue weighted by molar-refractivity contribution is 6.06. The molecule has 5 nitrogen and oxygen atoms in total. The van der Waals surface area contributed by atoms with Crippen molar-refractivity contribution in [1.82, 2.24) is 0 Å². The number of ether oxygens (including phenoxy) is 3. The number of benzene rings is 2. The Bertz CT molecular complexity index is 695. The summed E-state index contributed by atoms with van der Waals surface area (Å²) in [5.41, 5.74) is 1.17. The Morgan fingerprint density at radius 2 is 2.12 bits per heavy atom. The largest absolute Gasteiger partial charge is 0.497 e. The average molecular weight is 327 g/mol. The molecule has 126 valence electrons. The molecule has 1 aliphatic rings. The van der Waals surface area contributed by atoms with E-state index in [4.69, 9.17) is 14.2 Å². The van der Waals surface area contributed by atoms with Crippen LogP contribution < -0.4 is 14.8 Å². The van der Waals surface area contributed by atoms with Gasteiger partial charge in [-0.1, -0.05) is 18.2 Å². The van der Waals surface area contributed by atoms with Crippen LogP contribution in [0.3, 0.4) is 0 Å². The standard InChI is InChI=1S/C19H21NO4/c1-22-15-7-4-6-14(12-15)20-19(21)17-9-2-3-10-18(17)24-13-16-8-5-11-23-16/h2-4,6-7,9-10,12,16H,5,8,11,13H2,1H3,(H,20,21). The van der Waals surface area contributed by atoms with Crippen LogP contribution in [0.25, 0.3) is 0 Å². The minimum atomic E-state index is -0.216. The second-order valence-electron chi connectivity index (χ2n) is 5.63. The number of hydrogen-bond acceptors (Lipinski definition) is 4. The van der Waals surface area contributed by atoms with Crippen molar-refractivity contribution in [2.24, 2.45) is 0 Å². The Hall–Kier alpha value is -2.53. The summed E-state index contributed by atoms with van der Waals surface area (Å²) < 4.78 is 16.5. The van der Waals surface area contributed by atoms with E-state index in [-0.39, 0.29) is 12.0 Å². The molecular formula is C19H21NO4. The Labute approximate surface area is 141 Å². The van der Waals surface area contributed by atoms with Crippen LogP contribution in [0.2, 0.25) is 0 Å². The fourth-order valence-corrected chi connectivity index (χ4v) is 2.64. The third-order valence-electron chi connectivity index (χ3n) is 3.91. The summed E-state index contributed by atoms with van der Waals surface area (Å²) in [7, 11) is 1.59. The van der Waals surface area contributed by atoms with Gasteiger partial charge in [-0.3, -0.25) is 4.79 Å². The summed E-state index contributed by atoms with van der Waals surface area (Å²) in [6.45, 7) is 1.25. The van der Waals surface area contributed by atoms with Crippen molar-refractivity contribution in [3.63, 3.8) is 0 Å². The molecule has 3 rings (SSSR count). The van der Waals surface area contributed by atoms with Gasteiger partial charge in [0.15, 0.2) is 0 Å². The van der Waals surface area contributed by atoms with E-state index in [1.807, 2.05) is 30.3 Å². The SMILES string of the molecule is COc1cccc(NC(=O)c2ccccc2OCC2CCCO2)c1. The first kappa shape index (κ1) is 16.3. The van der Waals surface area contributed by atoms with Gasteiger partial charge in [0.2, 0.25) is 0 Å². The molecule has 1 atom stereocenters. The minimum absolute atomic E-state index is 0.111. The molecule has 0 aliphatic carbocycles. The zero-order valence-electron chi connectivity index (χ0n) is 13.7. The number of carbonyl (C=O) groups excluding carboxylic acids is 1. The molecule has 1 fully saturated rings.